The van der Waals surface area contributed by atoms with E-state index in [1.54, 1.807) is 24.3 Å². The normalized spacial score (nSPS) is 10.8. The summed E-state index contributed by atoms with van der Waals surface area (Å²) in [6.07, 6.45) is 2.99. The van der Waals surface area contributed by atoms with Crippen LogP contribution in [0.3, 0.4) is 0 Å². The van der Waals surface area contributed by atoms with E-state index in [0.29, 0.717) is 35.4 Å². The number of benzene rings is 1. The topological polar surface area (TPSA) is 38.3 Å². The van der Waals surface area contributed by atoms with E-state index in [2.05, 4.69) is 11.9 Å². The van der Waals surface area contributed by atoms with Gasteiger partial charge in [-0.2, -0.15) is 0 Å². The van der Waals surface area contributed by atoms with E-state index in [-0.39, 0.29) is 5.91 Å². The van der Waals surface area contributed by atoms with Crippen molar-refractivity contribution in [2.45, 2.75) is 6.92 Å². The molecule has 3 nitrogen and oxygen atoms in total. The predicted octanol–water partition coefficient (Wildman–Crippen LogP) is 3.72. The molecule has 0 radical (unpaired) electrons. The molecule has 1 N–H and O–H groups in total. The molecule has 0 aromatic heterocycles. The summed E-state index contributed by atoms with van der Waals surface area (Å²) in [6.45, 7) is 6.98. The van der Waals surface area contributed by atoms with Crippen LogP contribution in [0.4, 0.5) is 0 Å². The Balaban J connectivity index is 2.38. The Bertz CT molecular complexity index is 492. The minimum atomic E-state index is -0.222. The first kappa shape index (κ1) is 16.8. The molecule has 0 saturated carbocycles. The third-order valence-electron chi connectivity index (χ3n) is 2.30. The Morgan fingerprint density at radius 3 is 2.65 bits per heavy atom. The maximum atomic E-state index is 11.6. The fraction of sp³-hybridized carbons (Fsp3) is 0.267. The van der Waals surface area contributed by atoms with Crippen molar-refractivity contribution in [3.63, 3.8) is 0 Å². The Morgan fingerprint density at radius 2 is 2.05 bits per heavy atom. The number of amides is 1. The molecule has 5 heteroatoms. The quantitative estimate of drug-likeness (QED) is 0.473. The summed E-state index contributed by atoms with van der Waals surface area (Å²) >= 11 is 12.0. The van der Waals surface area contributed by atoms with Gasteiger partial charge in [-0.25, -0.2) is 0 Å². The first-order valence-corrected chi connectivity index (χ1v) is 6.88. The molecule has 0 spiro atoms. The van der Waals surface area contributed by atoms with Gasteiger partial charge in [-0.05, 0) is 25.1 Å². The van der Waals surface area contributed by atoms with Crippen LogP contribution in [0.15, 0.2) is 36.4 Å². The van der Waals surface area contributed by atoms with Gasteiger partial charge in [0.05, 0.1) is 13.2 Å². The van der Waals surface area contributed by atoms with Crippen molar-refractivity contribution in [1.29, 1.82) is 0 Å². The Kier molecular flexibility index (Phi) is 7.37. The van der Waals surface area contributed by atoms with Crippen LogP contribution in [0.25, 0.3) is 6.08 Å². The van der Waals surface area contributed by atoms with Crippen LogP contribution in [0.1, 0.15) is 12.5 Å². The summed E-state index contributed by atoms with van der Waals surface area (Å²) in [7, 11) is 0. The SMILES string of the molecule is C=C(C)COCCNC(=O)/C=C/c1c(Cl)cccc1Cl. The molecular formula is C15H17Cl2NO2. The Hall–Kier alpha value is -1.29. The molecule has 0 aliphatic heterocycles. The lowest BCUT2D eigenvalue weighted by Crippen LogP contribution is -2.25. The second-order valence-electron chi connectivity index (χ2n) is 4.27. The van der Waals surface area contributed by atoms with Crippen LogP contribution in [0.2, 0.25) is 10.0 Å². The van der Waals surface area contributed by atoms with Gasteiger partial charge in [-0.1, -0.05) is 41.4 Å². The molecule has 0 saturated heterocycles. The zero-order valence-corrected chi connectivity index (χ0v) is 12.8. The van der Waals surface area contributed by atoms with Crippen molar-refractivity contribution in [3.05, 3.63) is 52.0 Å². The predicted molar refractivity (Wildman–Crippen MR) is 84.1 cm³/mol. The number of nitrogens with one attached hydrogen (secondary N) is 1. The lowest BCUT2D eigenvalue weighted by atomic mass is 10.2. The molecule has 1 aromatic rings. The molecule has 1 rings (SSSR count). The van der Waals surface area contributed by atoms with Crippen molar-refractivity contribution in [2.24, 2.45) is 0 Å². The van der Waals surface area contributed by atoms with E-state index in [1.165, 1.54) is 6.08 Å². The highest BCUT2D eigenvalue weighted by atomic mass is 35.5. The van der Waals surface area contributed by atoms with Crippen molar-refractivity contribution >= 4 is 35.2 Å². The van der Waals surface area contributed by atoms with E-state index in [9.17, 15) is 4.79 Å². The van der Waals surface area contributed by atoms with Gasteiger partial charge in [-0.15, -0.1) is 0 Å². The number of ether oxygens (including phenoxy) is 1. The molecule has 1 aromatic carbocycles. The first-order chi connectivity index (χ1) is 9.50. The number of hydrogen-bond acceptors (Lipinski definition) is 2. The lowest BCUT2D eigenvalue weighted by molar-refractivity contribution is -0.116. The third-order valence-corrected chi connectivity index (χ3v) is 2.95. The molecule has 20 heavy (non-hydrogen) atoms. The Morgan fingerprint density at radius 1 is 1.40 bits per heavy atom. The van der Waals surface area contributed by atoms with Crippen molar-refractivity contribution in [2.75, 3.05) is 19.8 Å². The fourth-order valence-corrected chi connectivity index (χ4v) is 1.90. The van der Waals surface area contributed by atoms with Gasteiger partial charge in [0.1, 0.15) is 0 Å². The molecule has 108 valence electrons. The van der Waals surface area contributed by atoms with Gasteiger partial charge < -0.3 is 10.1 Å². The maximum Gasteiger partial charge on any atom is 0.244 e. The maximum absolute atomic E-state index is 11.6. The van der Waals surface area contributed by atoms with E-state index in [0.717, 1.165) is 5.57 Å². The molecule has 0 heterocycles. The van der Waals surface area contributed by atoms with E-state index in [4.69, 9.17) is 27.9 Å². The van der Waals surface area contributed by atoms with Crippen LogP contribution < -0.4 is 5.32 Å². The molecule has 0 aliphatic carbocycles. The van der Waals surface area contributed by atoms with Gasteiger partial charge in [0.2, 0.25) is 5.91 Å². The second kappa shape index (κ2) is 8.80. The zero-order valence-electron chi connectivity index (χ0n) is 11.3. The van der Waals surface area contributed by atoms with Gasteiger partial charge in [0.25, 0.3) is 0 Å². The molecule has 0 unspecified atom stereocenters. The second-order valence-corrected chi connectivity index (χ2v) is 5.08. The average molecular weight is 314 g/mol. The molecule has 0 atom stereocenters. The summed E-state index contributed by atoms with van der Waals surface area (Å²) in [5.41, 5.74) is 1.58. The lowest BCUT2D eigenvalue weighted by Gasteiger charge is -2.04. The monoisotopic (exact) mass is 313 g/mol. The van der Waals surface area contributed by atoms with E-state index < -0.39 is 0 Å². The van der Waals surface area contributed by atoms with Crippen LogP contribution in [0.5, 0.6) is 0 Å². The minimum Gasteiger partial charge on any atom is -0.375 e. The summed E-state index contributed by atoms with van der Waals surface area (Å²) in [5.74, 6) is -0.222. The van der Waals surface area contributed by atoms with Gasteiger partial charge in [0.15, 0.2) is 0 Å². The number of hydrogen-bond donors (Lipinski definition) is 1. The minimum absolute atomic E-state index is 0.222. The highest BCUT2D eigenvalue weighted by molar-refractivity contribution is 6.37. The van der Waals surface area contributed by atoms with Crippen LogP contribution >= 0.6 is 23.2 Å². The van der Waals surface area contributed by atoms with Crippen LogP contribution in [0, 0.1) is 0 Å². The van der Waals surface area contributed by atoms with Crippen LogP contribution in [-0.2, 0) is 9.53 Å². The van der Waals surface area contributed by atoms with Gasteiger partial charge >= 0.3 is 0 Å². The fourth-order valence-electron chi connectivity index (χ4n) is 1.38. The summed E-state index contributed by atoms with van der Waals surface area (Å²) in [4.78, 5) is 11.6. The zero-order chi connectivity index (χ0) is 15.0. The molecular weight excluding hydrogens is 297 g/mol. The number of halogens is 2. The Labute approximate surface area is 129 Å². The van der Waals surface area contributed by atoms with Gasteiger partial charge in [-0.3, -0.25) is 4.79 Å². The third kappa shape index (κ3) is 6.24. The largest absolute Gasteiger partial charge is 0.375 e. The van der Waals surface area contributed by atoms with Crippen LogP contribution in [-0.4, -0.2) is 25.7 Å². The standard InChI is InChI=1S/C15H17Cl2NO2/c1-11(2)10-20-9-8-18-15(19)7-6-12-13(16)4-3-5-14(12)17/h3-7H,1,8-10H2,2H3,(H,18,19)/b7-6+. The van der Waals surface area contributed by atoms with Crippen molar-refractivity contribution in [3.8, 4) is 0 Å². The van der Waals surface area contributed by atoms with Crippen molar-refractivity contribution in [1.82, 2.24) is 5.32 Å². The molecule has 0 bridgehead atoms. The van der Waals surface area contributed by atoms with E-state index >= 15 is 0 Å². The highest BCUT2D eigenvalue weighted by Crippen LogP contribution is 2.25. The molecule has 0 fully saturated rings. The number of rotatable bonds is 7. The number of carbonyl (C=O) groups is 1. The highest BCUT2D eigenvalue weighted by Gasteiger charge is 2.02. The molecule has 1 amide bonds. The summed E-state index contributed by atoms with van der Waals surface area (Å²) in [6, 6.07) is 5.19. The average Bonchev–Trinajstić information content (AvgIpc) is 2.37. The summed E-state index contributed by atoms with van der Waals surface area (Å²) < 4.78 is 5.27. The number of carbonyl (C=O) groups excluding carboxylic acids is 1. The van der Waals surface area contributed by atoms with Crippen molar-refractivity contribution < 1.29 is 9.53 Å². The molecule has 0 aliphatic rings. The first-order valence-electron chi connectivity index (χ1n) is 6.12. The van der Waals surface area contributed by atoms with Gasteiger partial charge in [0, 0.05) is 28.2 Å². The van der Waals surface area contributed by atoms with E-state index in [1.807, 2.05) is 6.92 Å². The summed E-state index contributed by atoms with van der Waals surface area (Å²) in [5, 5.41) is 3.71. The smallest absolute Gasteiger partial charge is 0.244 e.